The van der Waals surface area contributed by atoms with E-state index in [-0.39, 0.29) is 23.5 Å². The Morgan fingerprint density at radius 3 is 2.78 bits per heavy atom. The minimum absolute atomic E-state index is 0.0472. The molecule has 7 nitrogen and oxygen atoms in total. The van der Waals surface area contributed by atoms with Crippen molar-refractivity contribution >= 4 is 27.4 Å². The van der Waals surface area contributed by atoms with Gasteiger partial charge in [-0.2, -0.15) is 9.97 Å². The molecule has 8 heteroatoms. The van der Waals surface area contributed by atoms with Gasteiger partial charge in [0.1, 0.15) is 11.6 Å². The molecule has 1 atom stereocenters. The van der Waals surface area contributed by atoms with Crippen molar-refractivity contribution in [1.29, 1.82) is 0 Å². The summed E-state index contributed by atoms with van der Waals surface area (Å²) < 4.78 is 22.9. The lowest BCUT2D eigenvalue weighted by atomic mass is 10.2. The number of nitrogens with two attached hydrogens (primary N) is 1. The largest absolute Gasteiger partial charge is 0.373 e. The van der Waals surface area contributed by atoms with Crippen molar-refractivity contribution in [2.45, 2.75) is 12.5 Å². The van der Waals surface area contributed by atoms with Gasteiger partial charge in [0.2, 0.25) is 5.95 Å². The molecule has 1 aliphatic heterocycles. The fourth-order valence-corrected chi connectivity index (χ4v) is 3.80. The number of hydrogen-bond donors (Lipinski definition) is 2. The van der Waals surface area contributed by atoms with E-state index in [0.717, 1.165) is 0 Å². The van der Waals surface area contributed by atoms with E-state index in [2.05, 4.69) is 15.3 Å². The maximum Gasteiger partial charge on any atom is 0.223 e. The van der Waals surface area contributed by atoms with Crippen molar-refractivity contribution in [3.8, 4) is 0 Å². The van der Waals surface area contributed by atoms with Crippen LogP contribution in [0.25, 0.3) is 0 Å². The molecule has 3 N–H and O–H groups in total. The van der Waals surface area contributed by atoms with E-state index in [4.69, 9.17) is 5.73 Å². The average molecular weight is 271 g/mol. The van der Waals surface area contributed by atoms with Crippen LogP contribution >= 0.6 is 0 Å². The molecule has 0 aliphatic carbocycles. The third kappa shape index (κ3) is 2.63. The highest BCUT2D eigenvalue weighted by Crippen LogP contribution is 2.23. The Labute approximate surface area is 106 Å². The Bertz CT molecular complexity index is 545. The lowest BCUT2D eigenvalue weighted by molar-refractivity contribution is 0.600. The minimum atomic E-state index is -2.91. The van der Waals surface area contributed by atoms with Crippen molar-refractivity contribution in [3.63, 3.8) is 0 Å². The first-order valence-electron chi connectivity index (χ1n) is 5.67. The zero-order valence-corrected chi connectivity index (χ0v) is 11.2. The molecule has 18 heavy (non-hydrogen) atoms. The first-order valence-corrected chi connectivity index (χ1v) is 7.49. The molecule has 1 saturated heterocycles. The molecule has 1 aromatic rings. The molecule has 0 radical (unpaired) electrons. The van der Waals surface area contributed by atoms with Crippen LogP contribution in [-0.4, -0.2) is 50.0 Å². The van der Waals surface area contributed by atoms with Crippen molar-refractivity contribution < 1.29 is 8.42 Å². The summed E-state index contributed by atoms with van der Waals surface area (Å²) in [4.78, 5) is 9.98. The topological polar surface area (TPSA) is 101 Å². The van der Waals surface area contributed by atoms with Crippen LogP contribution in [-0.2, 0) is 9.84 Å². The van der Waals surface area contributed by atoms with Crippen molar-refractivity contribution in [1.82, 2.24) is 9.97 Å². The van der Waals surface area contributed by atoms with E-state index in [0.29, 0.717) is 18.1 Å². The lowest BCUT2D eigenvalue weighted by Crippen LogP contribution is -2.33. The summed E-state index contributed by atoms with van der Waals surface area (Å²) in [5.41, 5.74) is 5.62. The van der Waals surface area contributed by atoms with E-state index >= 15 is 0 Å². The zero-order valence-electron chi connectivity index (χ0n) is 10.4. The molecule has 2 heterocycles. The second kappa shape index (κ2) is 4.60. The number of hydrogen-bond acceptors (Lipinski definition) is 7. The summed E-state index contributed by atoms with van der Waals surface area (Å²) in [7, 11) is 0.662. The van der Waals surface area contributed by atoms with Gasteiger partial charge in [-0.3, -0.25) is 0 Å². The van der Waals surface area contributed by atoms with Gasteiger partial charge in [-0.05, 0) is 6.42 Å². The van der Waals surface area contributed by atoms with Gasteiger partial charge in [0, 0.05) is 26.2 Å². The van der Waals surface area contributed by atoms with Crippen LogP contribution in [0.15, 0.2) is 6.07 Å². The minimum Gasteiger partial charge on any atom is -0.373 e. The Morgan fingerprint density at radius 2 is 2.22 bits per heavy atom. The van der Waals surface area contributed by atoms with Gasteiger partial charge in [-0.25, -0.2) is 8.42 Å². The Balaban J connectivity index is 2.23. The van der Waals surface area contributed by atoms with Crippen LogP contribution in [0.2, 0.25) is 0 Å². The molecule has 0 spiro atoms. The van der Waals surface area contributed by atoms with Crippen molar-refractivity contribution in [2.75, 3.05) is 41.6 Å². The van der Waals surface area contributed by atoms with Crippen LogP contribution in [0.5, 0.6) is 0 Å². The predicted octanol–water partition coefficient (Wildman–Crippen LogP) is -0.276. The molecular weight excluding hydrogens is 254 g/mol. The fraction of sp³-hybridized carbons (Fsp3) is 0.600. The van der Waals surface area contributed by atoms with E-state index in [1.165, 1.54) is 0 Å². The Kier molecular flexibility index (Phi) is 3.29. The third-order valence-corrected chi connectivity index (χ3v) is 4.85. The fourth-order valence-electron chi connectivity index (χ4n) is 2.03. The monoisotopic (exact) mass is 271 g/mol. The molecule has 0 saturated carbocycles. The third-order valence-electron chi connectivity index (χ3n) is 3.10. The van der Waals surface area contributed by atoms with E-state index in [1.54, 1.807) is 13.1 Å². The highest BCUT2D eigenvalue weighted by molar-refractivity contribution is 7.91. The van der Waals surface area contributed by atoms with Gasteiger partial charge in [0.05, 0.1) is 11.5 Å². The molecule has 100 valence electrons. The lowest BCUT2D eigenvalue weighted by Gasteiger charge is -2.24. The number of sulfone groups is 1. The number of nitrogens with one attached hydrogen (secondary N) is 1. The van der Waals surface area contributed by atoms with Crippen molar-refractivity contribution in [3.05, 3.63) is 6.07 Å². The van der Waals surface area contributed by atoms with Gasteiger partial charge < -0.3 is 16.0 Å². The molecule has 1 fully saturated rings. The summed E-state index contributed by atoms with van der Waals surface area (Å²) in [5.74, 6) is 1.83. The molecule has 1 aliphatic rings. The number of aromatic nitrogens is 2. The van der Waals surface area contributed by atoms with Gasteiger partial charge in [0.15, 0.2) is 9.84 Å². The van der Waals surface area contributed by atoms with Crippen LogP contribution in [0.3, 0.4) is 0 Å². The Morgan fingerprint density at radius 1 is 1.50 bits per heavy atom. The predicted molar refractivity (Wildman–Crippen MR) is 71.5 cm³/mol. The maximum atomic E-state index is 11.5. The van der Waals surface area contributed by atoms with Crippen LogP contribution in [0.4, 0.5) is 17.6 Å². The van der Waals surface area contributed by atoms with Gasteiger partial charge in [-0.15, -0.1) is 0 Å². The number of anilines is 3. The summed E-state index contributed by atoms with van der Waals surface area (Å²) in [6, 6.07) is 1.70. The van der Waals surface area contributed by atoms with Gasteiger partial charge in [0.25, 0.3) is 0 Å². The van der Waals surface area contributed by atoms with Crippen LogP contribution in [0, 0.1) is 0 Å². The molecule has 1 unspecified atom stereocenters. The summed E-state index contributed by atoms with van der Waals surface area (Å²) in [6.45, 7) is 0. The second-order valence-electron chi connectivity index (χ2n) is 4.39. The average Bonchev–Trinajstić information content (AvgIpc) is 2.67. The Hall–Kier alpha value is -1.57. The molecule has 0 aromatic carbocycles. The smallest absolute Gasteiger partial charge is 0.223 e. The number of nitrogens with zero attached hydrogens (tertiary/aromatic N) is 3. The highest BCUT2D eigenvalue weighted by atomic mass is 32.2. The van der Waals surface area contributed by atoms with Gasteiger partial charge >= 0.3 is 0 Å². The maximum absolute atomic E-state index is 11.5. The zero-order chi connectivity index (χ0) is 13.3. The number of rotatable bonds is 3. The van der Waals surface area contributed by atoms with E-state index in [9.17, 15) is 8.42 Å². The first-order chi connectivity index (χ1) is 8.41. The van der Waals surface area contributed by atoms with E-state index in [1.807, 2.05) is 11.9 Å². The van der Waals surface area contributed by atoms with E-state index < -0.39 is 9.84 Å². The second-order valence-corrected chi connectivity index (χ2v) is 6.62. The molecule has 0 amide bonds. The highest BCUT2D eigenvalue weighted by Gasteiger charge is 2.31. The summed E-state index contributed by atoms with van der Waals surface area (Å²) in [5, 5.41) is 2.89. The molecule has 2 rings (SSSR count). The van der Waals surface area contributed by atoms with Gasteiger partial charge in [-0.1, -0.05) is 0 Å². The quantitative estimate of drug-likeness (QED) is 0.780. The van der Waals surface area contributed by atoms with Crippen LogP contribution < -0.4 is 16.0 Å². The molecular formula is C10H17N5O2S. The summed E-state index contributed by atoms with van der Waals surface area (Å²) in [6.07, 6.45) is 0.623. The standard InChI is InChI=1S/C10H17N5O2S/c1-12-8-5-9(14-10(11)13-8)15(2)7-3-4-18(16,17)6-7/h5,7H,3-4,6H2,1-2H3,(H3,11,12,13,14). The summed E-state index contributed by atoms with van der Waals surface area (Å²) >= 11 is 0. The SMILES string of the molecule is CNc1cc(N(C)C2CCS(=O)(=O)C2)nc(N)n1. The van der Waals surface area contributed by atoms with Crippen LogP contribution in [0.1, 0.15) is 6.42 Å². The molecule has 0 bridgehead atoms. The first kappa shape index (κ1) is 12.9. The van der Waals surface area contributed by atoms with Crippen molar-refractivity contribution in [2.24, 2.45) is 0 Å². The molecule has 1 aromatic heterocycles. The normalized spacial score (nSPS) is 21.8. The number of nitrogen functional groups attached to an aromatic ring is 1.